The zero-order valence-electron chi connectivity index (χ0n) is 9.52. The van der Waals surface area contributed by atoms with Gasteiger partial charge >= 0.3 is 0 Å². The largest absolute Gasteiger partial charge is 0.394 e. The van der Waals surface area contributed by atoms with Gasteiger partial charge in [0.1, 0.15) is 0 Å². The maximum Gasteiger partial charge on any atom is 0.0613 e. The van der Waals surface area contributed by atoms with Crippen molar-refractivity contribution in [2.45, 2.75) is 34.9 Å². The molecular weight excluding hydrogens is 220 g/mol. The van der Waals surface area contributed by atoms with Gasteiger partial charge in [-0.25, -0.2) is 0 Å². The molecule has 1 aliphatic carbocycles. The Kier molecular flexibility index (Phi) is 3.84. The lowest BCUT2D eigenvalue weighted by atomic mass is 10.00. The van der Waals surface area contributed by atoms with Crippen LogP contribution in [0, 0.1) is 0 Å². The van der Waals surface area contributed by atoms with E-state index >= 15 is 0 Å². The highest BCUT2D eigenvalue weighted by Gasteiger charge is 2.37. The molecule has 1 aliphatic rings. The number of hydrogen-bond acceptors (Lipinski definition) is 4. The van der Waals surface area contributed by atoms with Crippen molar-refractivity contribution in [1.82, 2.24) is 10.3 Å². The van der Waals surface area contributed by atoms with Crippen molar-refractivity contribution in [3.05, 3.63) is 24.5 Å². The maximum atomic E-state index is 9.42. The van der Waals surface area contributed by atoms with E-state index in [-0.39, 0.29) is 12.1 Å². The summed E-state index contributed by atoms with van der Waals surface area (Å²) in [6, 6.07) is 4.09. The van der Waals surface area contributed by atoms with E-state index in [9.17, 15) is 5.11 Å². The summed E-state index contributed by atoms with van der Waals surface area (Å²) in [5.74, 6) is 0. The van der Waals surface area contributed by atoms with Gasteiger partial charge in [0.05, 0.1) is 6.61 Å². The normalized spacial score (nSPS) is 29.5. The molecule has 0 radical (unpaired) electrons. The molecule has 3 nitrogen and oxygen atoms in total. The van der Waals surface area contributed by atoms with Crippen molar-refractivity contribution in [3.63, 3.8) is 0 Å². The molecule has 0 bridgehead atoms. The highest BCUT2D eigenvalue weighted by Crippen LogP contribution is 2.39. The van der Waals surface area contributed by atoms with E-state index in [0.717, 1.165) is 19.3 Å². The van der Waals surface area contributed by atoms with Crippen LogP contribution in [-0.2, 0) is 0 Å². The number of aliphatic hydroxyl groups is 1. The first-order valence-corrected chi connectivity index (χ1v) is 6.52. The van der Waals surface area contributed by atoms with Crippen LogP contribution in [0.2, 0.25) is 0 Å². The molecule has 88 valence electrons. The van der Waals surface area contributed by atoms with E-state index < -0.39 is 0 Å². The number of nitrogens with one attached hydrogen (secondary N) is 1. The molecule has 4 heteroatoms. The molecule has 2 atom stereocenters. The SMILES string of the molecule is CNC1(CO)CCC(Sc2ccncc2)C1. The second-order valence-corrected chi connectivity index (χ2v) is 5.73. The summed E-state index contributed by atoms with van der Waals surface area (Å²) < 4.78 is 0. The van der Waals surface area contributed by atoms with E-state index in [0.29, 0.717) is 5.25 Å². The monoisotopic (exact) mass is 238 g/mol. The Morgan fingerprint density at radius 1 is 1.56 bits per heavy atom. The van der Waals surface area contributed by atoms with Crippen molar-refractivity contribution in [1.29, 1.82) is 0 Å². The summed E-state index contributed by atoms with van der Waals surface area (Å²) in [5, 5.41) is 13.3. The zero-order chi connectivity index (χ0) is 11.4. The smallest absolute Gasteiger partial charge is 0.0613 e. The predicted molar refractivity (Wildman–Crippen MR) is 66.6 cm³/mol. The number of pyridine rings is 1. The standard InChI is InChI=1S/C12H18N2OS/c1-13-12(9-15)5-2-11(8-12)16-10-3-6-14-7-4-10/h3-4,6-7,11,13,15H,2,5,8-9H2,1H3. The molecule has 16 heavy (non-hydrogen) atoms. The van der Waals surface area contributed by atoms with E-state index in [2.05, 4.69) is 10.3 Å². The fourth-order valence-electron chi connectivity index (χ4n) is 2.24. The Morgan fingerprint density at radius 3 is 2.88 bits per heavy atom. The fourth-order valence-corrected chi connectivity index (χ4v) is 3.54. The minimum atomic E-state index is -0.0509. The number of hydrogen-bond donors (Lipinski definition) is 2. The zero-order valence-corrected chi connectivity index (χ0v) is 10.3. The van der Waals surface area contributed by atoms with Gasteiger partial charge in [-0.05, 0) is 38.4 Å². The second-order valence-electron chi connectivity index (χ2n) is 4.35. The van der Waals surface area contributed by atoms with Gasteiger partial charge in [0.15, 0.2) is 0 Å². The third-order valence-electron chi connectivity index (χ3n) is 3.35. The first kappa shape index (κ1) is 11.9. The third kappa shape index (κ3) is 2.56. The van der Waals surface area contributed by atoms with E-state index in [1.807, 2.05) is 43.3 Å². The van der Waals surface area contributed by atoms with E-state index in [1.54, 1.807) is 0 Å². The van der Waals surface area contributed by atoms with Crippen molar-refractivity contribution in [2.24, 2.45) is 0 Å². The predicted octanol–water partition coefficient (Wildman–Crippen LogP) is 1.68. The molecule has 0 saturated heterocycles. The average Bonchev–Trinajstić information content (AvgIpc) is 2.75. The van der Waals surface area contributed by atoms with Crippen LogP contribution >= 0.6 is 11.8 Å². The molecule has 0 aliphatic heterocycles. The molecule has 2 N–H and O–H groups in total. The second kappa shape index (κ2) is 5.17. The van der Waals surface area contributed by atoms with Gasteiger partial charge in [-0.3, -0.25) is 4.98 Å². The topological polar surface area (TPSA) is 45.1 Å². The van der Waals surface area contributed by atoms with Crippen molar-refractivity contribution >= 4 is 11.8 Å². The lowest BCUT2D eigenvalue weighted by molar-refractivity contribution is 0.173. The summed E-state index contributed by atoms with van der Waals surface area (Å²) in [4.78, 5) is 5.28. The molecule has 1 aromatic heterocycles. The highest BCUT2D eigenvalue weighted by atomic mass is 32.2. The molecule has 0 aromatic carbocycles. The average molecular weight is 238 g/mol. The summed E-state index contributed by atoms with van der Waals surface area (Å²) >= 11 is 1.89. The number of thioether (sulfide) groups is 1. The van der Waals surface area contributed by atoms with Gasteiger partial charge in [0.25, 0.3) is 0 Å². The molecule has 0 amide bonds. The Balaban J connectivity index is 1.95. The first-order chi connectivity index (χ1) is 7.78. The summed E-state index contributed by atoms with van der Waals surface area (Å²) in [6.07, 6.45) is 6.91. The van der Waals surface area contributed by atoms with Crippen molar-refractivity contribution in [2.75, 3.05) is 13.7 Å². The Hall–Kier alpha value is -0.580. The van der Waals surface area contributed by atoms with Gasteiger partial charge in [-0.15, -0.1) is 11.8 Å². The highest BCUT2D eigenvalue weighted by molar-refractivity contribution is 8.00. The van der Waals surface area contributed by atoms with Gasteiger partial charge in [-0.2, -0.15) is 0 Å². The van der Waals surface area contributed by atoms with Gasteiger partial charge < -0.3 is 10.4 Å². The van der Waals surface area contributed by atoms with Crippen molar-refractivity contribution in [3.8, 4) is 0 Å². The lowest BCUT2D eigenvalue weighted by Gasteiger charge is -2.26. The Bertz CT molecular complexity index is 327. The van der Waals surface area contributed by atoms with Crippen LogP contribution < -0.4 is 5.32 Å². The third-order valence-corrected chi connectivity index (χ3v) is 4.63. The lowest BCUT2D eigenvalue weighted by Crippen LogP contribution is -2.44. The quantitative estimate of drug-likeness (QED) is 0.837. The van der Waals surface area contributed by atoms with Crippen LogP contribution in [0.25, 0.3) is 0 Å². The van der Waals surface area contributed by atoms with E-state index in [1.165, 1.54) is 4.90 Å². The fraction of sp³-hybridized carbons (Fsp3) is 0.583. The number of rotatable bonds is 4. The molecule has 0 spiro atoms. The number of likely N-dealkylation sites (N-methyl/N-ethyl adjacent to an activating group) is 1. The molecule has 1 fully saturated rings. The molecule has 1 aromatic rings. The van der Waals surface area contributed by atoms with Crippen LogP contribution in [0.1, 0.15) is 19.3 Å². The number of aliphatic hydroxyl groups excluding tert-OH is 1. The summed E-state index contributed by atoms with van der Waals surface area (Å²) in [6.45, 7) is 0.233. The molecule has 1 heterocycles. The molecule has 1 saturated carbocycles. The minimum absolute atomic E-state index is 0.0509. The Labute approximate surface area is 101 Å². The van der Waals surface area contributed by atoms with Gasteiger partial charge in [0.2, 0.25) is 0 Å². The van der Waals surface area contributed by atoms with Crippen LogP contribution in [0.4, 0.5) is 0 Å². The van der Waals surface area contributed by atoms with E-state index in [4.69, 9.17) is 0 Å². The van der Waals surface area contributed by atoms with Crippen LogP contribution in [-0.4, -0.2) is 34.5 Å². The first-order valence-electron chi connectivity index (χ1n) is 5.64. The van der Waals surface area contributed by atoms with Gasteiger partial charge in [-0.1, -0.05) is 0 Å². The molecule has 2 unspecified atom stereocenters. The minimum Gasteiger partial charge on any atom is -0.394 e. The molecule has 2 rings (SSSR count). The van der Waals surface area contributed by atoms with Crippen molar-refractivity contribution < 1.29 is 5.11 Å². The van der Waals surface area contributed by atoms with Gasteiger partial charge in [0, 0.05) is 28.1 Å². The van der Waals surface area contributed by atoms with Crippen LogP contribution in [0.3, 0.4) is 0 Å². The number of nitrogens with zero attached hydrogens (tertiary/aromatic N) is 1. The Morgan fingerprint density at radius 2 is 2.31 bits per heavy atom. The van der Waals surface area contributed by atoms with Crippen LogP contribution in [0.15, 0.2) is 29.4 Å². The summed E-state index contributed by atoms with van der Waals surface area (Å²) in [5.41, 5.74) is -0.0509. The van der Waals surface area contributed by atoms with Crippen LogP contribution in [0.5, 0.6) is 0 Å². The molecular formula is C12H18N2OS. The summed E-state index contributed by atoms with van der Waals surface area (Å²) in [7, 11) is 1.94. The maximum absolute atomic E-state index is 9.42. The number of aromatic nitrogens is 1.